The number of aromatic nitrogens is 5. The number of amides is 1. The van der Waals surface area contributed by atoms with Gasteiger partial charge in [-0.05, 0) is 43.5 Å². The Hall–Kier alpha value is -4.51. The van der Waals surface area contributed by atoms with Crippen molar-refractivity contribution < 1.29 is 4.79 Å². The number of carbonyl (C=O) groups is 1. The maximum Gasteiger partial charge on any atom is 0.220 e. The van der Waals surface area contributed by atoms with Crippen LogP contribution in [0.3, 0.4) is 0 Å². The Morgan fingerprint density at radius 1 is 1.12 bits per heavy atom. The molecule has 3 heterocycles. The number of hydrogen-bond donors (Lipinski definition) is 2. The Kier molecular flexibility index (Phi) is 5.52. The molecule has 0 atom stereocenters. The summed E-state index contributed by atoms with van der Waals surface area (Å²) in [4.78, 5) is 25.0. The first-order valence-corrected chi connectivity index (χ1v) is 11.1. The number of para-hydroxylation sites is 2. The van der Waals surface area contributed by atoms with Crippen LogP contribution < -0.4 is 5.32 Å². The van der Waals surface area contributed by atoms with E-state index in [1.807, 2.05) is 62.4 Å². The quantitative estimate of drug-likeness (QED) is 0.407. The van der Waals surface area contributed by atoms with E-state index in [0.29, 0.717) is 30.6 Å². The lowest BCUT2D eigenvalue weighted by molar-refractivity contribution is -0.121. The van der Waals surface area contributed by atoms with Crippen molar-refractivity contribution in [1.29, 1.82) is 5.26 Å². The number of nitrogens with zero attached hydrogens (tertiary/aromatic N) is 5. The maximum absolute atomic E-state index is 12.5. The SMILES string of the molecule is Cc1nc2c(C#N)cnn2c(C)c1CCC(=O)NCc1ccc(-c2nc3ccccc3[nH]2)cc1. The van der Waals surface area contributed by atoms with E-state index in [0.717, 1.165) is 44.9 Å². The van der Waals surface area contributed by atoms with Gasteiger partial charge in [0.1, 0.15) is 17.5 Å². The fourth-order valence-corrected chi connectivity index (χ4v) is 4.15. The highest BCUT2D eigenvalue weighted by Crippen LogP contribution is 2.21. The predicted molar refractivity (Wildman–Crippen MR) is 129 cm³/mol. The van der Waals surface area contributed by atoms with E-state index >= 15 is 0 Å². The molecule has 0 radical (unpaired) electrons. The van der Waals surface area contributed by atoms with Crippen LogP contribution in [0.4, 0.5) is 0 Å². The van der Waals surface area contributed by atoms with Gasteiger partial charge in [-0.1, -0.05) is 36.4 Å². The van der Waals surface area contributed by atoms with E-state index in [9.17, 15) is 10.1 Å². The average Bonchev–Trinajstić information content (AvgIpc) is 3.47. The van der Waals surface area contributed by atoms with Crippen molar-refractivity contribution in [3.63, 3.8) is 0 Å². The number of benzene rings is 2. The van der Waals surface area contributed by atoms with Crippen molar-refractivity contribution in [2.45, 2.75) is 33.2 Å². The van der Waals surface area contributed by atoms with E-state index in [-0.39, 0.29) is 5.91 Å². The summed E-state index contributed by atoms with van der Waals surface area (Å²) >= 11 is 0. The summed E-state index contributed by atoms with van der Waals surface area (Å²) in [5.41, 5.74) is 7.65. The average molecular weight is 450 g/mol. The van der Waals surface area contributed by atoms with Gasteiger partial charge >= 0.3 is 0 Å². The van der Waals surface area contributed by atoms with Gasteiger partial charge in [0.05, 0.1) is 17.2 Å². The number of nitrogens with one attached hydrogen (secondary N) is 2. The molecule has 8 nitrogen and oxygen atoms in total. The molecule has 5 aromatic rings. The molecule has 3 aromatic heterocycles. The van der Waals surface area contributed by atoms with E-state index in [1.54, 1.807) is 4.52 Å². The first-order chi connectivity index (χ1) is 16.5. The normalized spacial score (nSPS) is 11.1. The molecule has 0 saturated heterocycles. The lowest BCUT2D eigenvalue weighted by atomic mass is 10.1. The van der Waals surface area contributed by atoms with Gasteiger partial charge in [0.15, 0.2) is 5.65 Å². The molecule has 8 heteroatoms. The Morgan fingerprint density at radius 2 is 1.91 bits per heavy atom. The lowest BCUT2D eigenvalue weighted by Gasteiger charge is -2.11. The van der Waals surface area contributed by atoms with Gasteiger partial charge in [-0.15, -0.1) is 0 Å². The minimum atomic E-state index is -0.0292. The zero-order chi connectivity index (χ0) is 23.7. The molecular weight excluding hydrogens is 426 g/mol. The van der Waals surface area contributed by atoms with Crippen LogP contribution in [0, 0.1) is 25.2 Å². The highest BCUT2D eigenvalue weighted by atomic mass is 16.1. The second-order valence-electron chi connectivity index (χ2n) is 8.24. The third-order valence-electron chi connectivity index (χ3n) is 6.04. The molecule has 5 rings (SSSR count). The topological polar surface area (TPSA) is 112 Å². The minimum Gasteiger partial charge on any atom is -0.352 e. The molecule has 1 amide bonds. The van der Waals surface area contributed by atoms with Crippen LogP contribution in [0.15, 0.2) is 54.7 Å². The van der Waals surface area contributed by atoms with E-state index < -0.39 is 0 Å². The first kappa shape index (κ1) is 21.3. The maximum atomic E-state index is 12.5. The Balaban J connectivity index is 1.20. The van der Waals surface area contributed by atoms with Crippen LogP contribution in [0.1, 0.15) is 34.5 Å². The van der Waals surface area contributed by atoms with Crippen LogP contribution in [0.2, 0.25) is 0 Å². The zero-order valence-electron chi connectivity index (χ0n) is 19.0. The highest BCUT2D eigenvalue weighted by Gasteiger charge is 2.15. The van der Waals surface area contributed by atoms with Crippen LogP contribution in [-0.4, -0.2) is 30.5 Å². The summed E-state index contributed by atoms with van der Waals surface area (Å²) in [6.07, 6.45) is 2.42. The third kappa shape index (κ3) is 3.99. The molecule has 0 aliphatic rings. The number of rotatable bonds is 6. The number of hydrogen-bond acceptors (Lipinski definition) is 5. The molecule has 34 heavy (non-hydrogen) atoms. The minimum absolute atomic E-state index is 0.0292. The summed E-state index contributed by atoms with van der Waals surface area (Å²) in [7, 11) is 0. The summed E-state index contributed by atoms with van der Waals surface area (Å²) in [5, 5.41) is 16.5. The van der Waals surface area contributed by atoms with Crippen molar-refractivity contribution in [2.24, 2.45) is 0 Å². The fourth-order valence-electron chi connectivity index (χ4n) is 4.15. The van der Waals surface area contributed by atoms with Crippen molar-refractivity contribution in [1.82, 2.24) is 29.9 Å². The Bertz CT molecular complexity index is 1520. The number of H-pyrrole nitrogens is 1. The van der Waals surface area contributed by atoms with Crippen LogP contribution in [0.5, 0.6) is 0 Å². The number of aryl methyl sites for hydroxylation is 2. The standard InChI is InChI=1S/C26H23N7O/c1-16-21(17(2)33-26(30-16)20(13-27)15-29-33)11-12-24(34)28-14-18-7-9-19(10-8-18)25-31-22-5-3-4-6-23(22)32-25/h3-10,15H,11-12,14H2,1-2H3,(H,28,34)(H,31,32). The van der Waals surface area contributed by atoms with Gasteiger partial charge in [-0.3, -0.25) is 4.79 Å². The third-order valence-corrected chi connectivity index (χ3v) is 6.04. The molecule has 2 N–H and O–H groups in total. The van der Waals surface area contributed by atoms with E-state index in [1.165, 1.54) is 6.20 Å². The summed E-state index contributed by atoms with van der Waals surface area (Å²) < 4.78 is 1.67. The highest BCUT2D eigenvalue weighted by molar-refractivity contribution is 5.79. The first-order valence-electron chi connectivity index (χ1n) is 11.1. The van der Waals surface area contributed by atoms with Crippen molar-refractivity contribution in [2.75, 3.05) is 0 Å². The number of fused-ring (bicyclic) bond motifs is 2. The molecule has 168 valence electrons. The summed E-state index contributed by atoms with van der Waals surface area (Å²) in [6, 6.07) is 18.1. The molecule has 0 aliphatic carbocycles. The van der Waals surface area contributed by atoms with Crippen LogP contribution >= 0.6 is 0 Å². The number of aromatic amines is 1. The van der Waals surface area contributed by atoms with E-state index in [2.05, 4.69) is 31.4 Å². The van der Waals surface area contributed by atoms with Crippen LogP contribution in [0.25, 0.3) is 28.1 Å². The number of carbonyl (C=O) groups excluding carboxylic acids is 1. The molecular formula is C26H23N7O. The predicted octanol–water partition coefficient (Wildman–Crippen LogP) is 4.01. The van der Waals surface area contributed by atoms with Crippen molar-refractivity contribution in [3.05, 3.63) is 82.8 Å². The Labute approximate surface area is 196 Å². The summed E-state index contributed by atoms with van der Waals surface area (Å²) in [5.74, 6) is 0.797. The van der Waals surface area contributed by atoms with Gasteiger partial charge in [-0.2, -0.15) is 10.4 Å². The molecule has 0 unspecified atom stereocenters. The molecule has 0 spiro atoms. The molecule has 2 aromatic carbocycles. The largest absolute Gasteiger partial charge is 0.352 e. The lowest BCUT2D eigenvalue weighted by Crippen LogP contribution is -2.23. The molecule has 0 saturated carbocycles. The molecule has 0 aliphatic heterocycles. The van der Waals surface area contributed by atoms with E-state index in [4.69, 9.17) is 0 Å². The second-order valence-corrected chi connectivity index (χ2v) is 8.24. The van der Waals surface area contributed by atoms with Gasteiger partial charge in [0.25, 0.3) is 0 Å². The van der Waals surface area contributed by atoms with Crippen molar-refractivity contribution in [3.8, 4) is 17.5 Å². The van der Waals surface area contributed by atoms with Crippen molar-refractivity contribution >= 4 is 22.6 Å². The number of imidazole rings is 1. The zero-order valence-corrected chi connectivity index (χ0v) is 19.0. The fraction of sp³-hybridized carbons (Fsp3) is 0.192. The molecule has 0 bridgehead atoms. The van der Waals surface area contributed by atoms with Gasteiger partial charge in [-0.25, -0.2) is 14.5 Å². The molecule has 0 fully saturated rings. The monoisotopic (exact) mass is 449 g/mol. The van der Waals surface area contributed by atoms with Gasteiger partial charge < -0.3 is 10.3 Å². The Morgan fingerprint density at radius 3 is 2.68 bits per heavy atom. The second kappa shape index (κ2) is 8.79. The van der Waals surface area contributed by atoms with Crippen LogP contribution in [-0.2, 0) is 17.8 Å². The summed E-state index contributed by atoms with van der Waals surface area (Å²) in [6.45, 7) is 4.30. The smallest absolute Gasteiger partial charge is 0.220 e. The van der Waals surface area contributed by atoms with Gasteiger partial charge in [0.2, 0.25) is 5.91 Å². The van der Waals surface area contributed by atoms with Gasteiger partial charge in [0, 0.05) is 29.9 Å². The number of nitriles is 1.